The molecule has 0 radical (unpaired) electrons. The lowest BCUT2D eigenvalue weighted by Crippen LogP contribution is -1.93. The fourth-order valence-electron chi connectivity index (χ4n) is 2.23. The Hall–Kier alpha value is -2.46. The molecule has 0 amide bonds. The van der Waals surface area contributed by atoms with Crippen molar-refractivity contribution in [3.05, 3.63) is 88.2 Å². The highest BCUT2D eigenvalue weighted by Crippen LogP contribution is 2.15. The SMILES string of the molecule is Cc1nn(-c2ccccc2)cc1C=CC(=O)c1ccc(Br)cc1. The van der Waals surface area contributed by atoms with Gasteiger partial charge in [-0.3, -0.25) is 4.79 Å². The number of carbonyl (C=O) groups excluding carboxylic acids is 1. The summed E-state index contributed by atoms with van der Waals surface area (Å²) in [4.78, 5) is 12.2. The highest BCUT2D eigenvalue weighted by atomic mass is 79.9. The van der Waals surface area contributed by atoms with Crippen molar-refractivity contribution in [3.8, 4) is 5.69 Å². The number of nitrogens with zero attached hydrogens (tertiary/aromatic N) is 2. The summed E-state index contributed by atoms with van der Waals surface area (Å²) in [6, 6.07) is 17.2. The van der Waals surface area contributed by atoms with Crippen LogP contribution in [0.3, 0.4) is 0 Å². The number of benzene rings is 2. The minimum absolute atomic E-state index is 0.0237. The summed E-state index contributed by atoms with van der Waals surface area (Å²) in [5, 5.41) is 4.49. The van der Waals surface area contributed by atoms with Gasteiger partial charge in [0.05, 0.1) is 11.4 Å². The molecule has 0 saturated heterocycles. The standard InChI is InChI=1S/C19H15BrN2O/c1-14-16(13-22(21-14)18-5-3-2-4-6-18)9-12-19(23)15-7-10-17(20)11-8-15/h2-13H,1H3. The number of carbonyl (C=O) groups is 1. The van der Waals surface area contributed by atoms with Gasteiger partial charge in [-0.15, -0.1) is 0 Å². The minimum Gasteiger partial charge on any atom is -0.289 e. The van der Waals surface area contributed by atoms with E-state index in [-0.39, 0.29) is 5.78 Å². The van der Waals surface area contributed by atoms with Crippen molar-refractivity contribution < 1.29 is 4.79 Å². The molecule has 0 saturated carbocycles. The molecule has 0 unspecified atom stereocenters. The number of para-hydroxylation sites is 1. The first-order valence-corrected chi connectivity index (χ1v) is 8.02. The van der Waals surface area contributed by atoms with Crippen molar-refractivity contribution in [2.75, 3.05) is 0 Å². The molecular formula is C19H15BrN2O. The smallest absolute Gasteiger partial charge is 0.185 e. The number of ketones is 1. The molecule has 0 bridgehead atoms. The molecule has 23 heavy (non-hydrogen) atoms. The second-order valence-corrected chi connectivity index (χ2v) is 6.07. The number of rotatable bonds is 4. The van der Waals surface area contributed by atoms with Crippen LogP contribution in [0.2, 0.25) is 0 Å². The summed E-state index contributed by atoms with van der Waals surface area (Å²) in [6.07, 6.45) is 5.32. The fourth-order valence-corrected chi connectivity index (χ4v) is 2.49. The van der Waals surface area contributed by atoms with Gasteiger partial charge in [0.1, 0.15) is 0 Å². The summed E-state index contributed by atoms with van der Waals surface area (Å²) in [5.41, 5.74) is 3.47. The maximum absolute atomic E-state index is 12.2. The Balaban J connectivity index is 1.81. The van der Waals surface area contributed by atoms with E-state index in [9.17, 15) is 4.79 Å². The van der Waals surface area contributed by atoms with E-state index >= 15 is 0 Å². The van der Waals surface area contributed by atoms with Gasteiger partial charge in [-0.1, -0.05) is 34.1 Å². The summed E-state index contributed by atoms with van der Waals surface area (Å²) >= 11 is 3.36. The third kappa shape index (κ3) is 3.66. The van der Waals surface area contributed by atoms with E-state index in [0.29, 0.717) is 5.56 Å². The Labute approximate surface area is 143 Å². The summed E-state index contributed by atoms with van der Waals surface area (Å²) < 4.78 is 2.78. The molecule has 0 aliphatic heterocycles. The Morgan fingerprint density at radius 2 is 1.78 bits per heavy atom. The number of allylic oxidation sites excluding steroid dienone is 1. The lowest BCUT2D eigenvalue weighted by Gasteiger charge is -1.98. The maximum atomic E-state index is 12.2. The van der Waals surface area contributed by atoms with E-state index in [2.05, 4.69) is 21.0 Å². The molecule has 0 fully saturated rings. The Kier molecular flexibility index (Phi) is 4.53. The van der Waals surface area contributed by atoms with Gasteiger partial charge in [-0.05, 0) is 55.5 Å². The van der Waals surface area contributed by atoms with Crippen LogP contribution in [0.5, 0.6) is 0 Å². The molecule has 0 N–H and O–H groups in total. The number of hydrogen-bond donors (Lipinski definition) is 0. The van der Waals surface area contributed by atoms with Crippen LogP contribution in [-0.2, 0) is 0 Å². The molecule has 4 heteroatoms. The van der Waals surface area contributed by atoms with E-state index in [0.717, 1.165) is 21.4 Å². The zero-order valence-corrected chi connectivity index (χ0v) is 14.2. The Bertz CT molecular complexity index is 849. The predicted molar refractivity (Wildman–Crippen MR) is 95.8 cm³/mol. The monoisotopic (exact) mass is 366 g/mol. The second-order valence-electron chi connectivity index (χ2n) is 5.15. The van der Waals surface area contributed by atoms with Gasteiger partial charge in [0.15, 0.2) is 5.78 Å². The van der Waals surface area contributed by atoms with Gasteiger partial charge in [-0.2, -0.15) is 5.10 Å². The van der Waals surface area contributed by atoms with Crippen molar-refractivity contribution in [3.63, 3.8) is 0 Å². The van der Waals surface area contributed by atoms with Gasteiger partial charge in [0, 0.05) is 21.8 Å². The van der Waals surface area contributed by atoms with Crippen LogP contribution in [0.4, 0.5) is 0 Å². The highest BCUT2D eigenvalue weighted by molar-refractivity contribution is 9.10. The molecule has 3 rings (SSSR count). The second kappa shape index (κ2) is 6.75. The third-order valence-electron chi connectivity index (χ3n) is 3.50. The molecule has 1 heterocycles. The lowest BCUT2D eigenvalue weighted by molar-refractivity contribution is 0.104. The van der Waals surface area contributed by atoms with Crippen molar-refractivity contribution >= 4 is 27.8 Å². The van der Waals surface area contributed by atoms with Gasteiger partial charge in [0.2, 0.25) is 0 Å². The molecule has 2 aromatic carbocycles. The van der Waals surface area contributed by atoms with Crippen molar-refractivity contribution in [1.29, 1.82) is 0 Å². The quantitative estimate of drug-likeness (QED) is 0.489. The van der Waals surface area contributed by atoms with E-state index < -0.39 is 0 Å². The largest absolute Gasteiger partial charge is 0.289 e. The molecule has 3 nitrogen and oxygen atoms in total. The molecule has 0 spiro atoms. The van der Waals surface area contributed by atoms with E-state index in [1.165, 1.54) is 0 Å². The first-order valence-electron chi connectivity index (χ1n) is 7.23. The molecule has 0 aliphatic rings. The van der Waals surface area contributed by atoms with Crippen LogP contribution in [0.15, 0.2) is 71.3 Å². The van der Waals surface area contributed by atoms with Gasteiger partial charge < -0.3 is 0 Å². The zero-order valence-electron chi connectivity index (χ0n) is 12.6. The summed E-state index contributed by atoms with van der Waals surface area (Å²) in [5.74, 6) is -0.0237. The number of aromatic nitrogens is 2. The van der Waals surface area contributed by atoms with Crippen molar-refractivity contribution in [2.24, 2.45) is 0 Å². The van der Waals surface area contributed by atoms with Gasteiger partial charge in [-0.25, -0.2) is 4.68 Å². The van der Waals surface area contributed by atoms with E-state index in [1.54, 1.807) is 18.2 Å². The van der Waals surface area contributed by atoms with Gasteiger partial charge in [0.25, 0.3) is 0 Å². The molecule has 0 aliphatic carbocycles. The van der Waals surface area contributed by atoms with E-state index in [4.69, 9.17) is 0 Å². The fraction of sp³-hybridized carbons (Fsp3) is 0.0526. The molecular weight excluding hydrogens is 352 g/mol. The van der Waals surface area contributed by atoms with Crippen LogP contribution in [0.1, 0.15) is 21.6 Å². The number of aryl methyl sites for hydroxylation is 1. The topological polar surface area (TPSA) is 34.9 Å². The normalized spacial score (nSPS) is 11.0. The molecule has 0 atom stereocenters. The summed E-state index contributed by atoms with van der Waals surface area (Å²) in [7, 11) is 0. The zero-order chi connectivity index (χ0) is 16.2. The number of hydrogen-bond acceptors (Lipinski definition) is 2. The van der Waals surface area contributed by atoms with Crippen molar-refractivity contribution in [2.45, 2.75) is 6.92 Å². The first kappa shape index (κ1) is 15.4. The highest BCUT2D eigenvalue weighted by Gasteiger charge is 2.05. The van der Waals surface area contributed by atoms with Crippen LogP contribution in [0, 0.1) is 6.92 Å². The van der Waals surface area contributed by atoms with Crippen LogP contribution in [-0.4, -0.2) is 15.6 Å². The van der Waals surface area contributed by atoms with Crippen molar-refractivity contribution in [1.82, 2.24) is 9.78 Å². The Morgan fingerprint density at radius 1 is 1.09 bits per heavy atom. The third-order valence-corrected chi connectivity index (χ3v) is 4.03. The first-order chi connectivity index (χ1) is 11.1. The van der Waals surface area contributed by atoms with Crippen LogP contribution < -0.4 is 0 Å². The Morgan fingerprint density at radius 3 is 2.48 bits per heavy atom. The van der Waals surface area contributed by atoms with E-state index in [1.807, 2.05) is 66.3 Å². The molecule has 3 aromatic rings. The maximum Gasteiger partial charge on any atom is 0.185 e. The minimum atomic E-state index is -0.0237. The van der Waals surface area contributed by atoms with Crippen LogP contribution >= 0.6 is 15.9 Å². The summed E-state index contributed by atoms with van der Waals surface area (Å²) in [6.45, 7) is 1.93. The average Bonchev–Trinajstić information content (AvgIpc) is 2.95. The molecule has 1 aromatic heterocycles. The number of halogens is 1. The predicted octanol–water partition coefficient (Wildman–Crippen LogP) is 4.84. The van der Waals surface area contributed by atoms with Crippen LogP contribution in [0.25, 0.3) is 11.8 Å². The average molecular weight is 367 g/mol. The van der Waals surface area contributed by atoms with Gasteiger partial charge >= 0.3 is 0 Å². The molecule has 114 valence electrons. The lowest BCUT2D eigenvalue weighted by atomic mass is 10.1.